The molecule has 1 unspecified atom stereocenters. The molecule has 0 aromatic heterocycles. The van der Waals surface area contributed by atoms with Crippen LogP contribution in [0.1, 0.15) is 32.8 Å². The Morgan fingerprint density at radius 3 is 2.70 bits per heavy atom. The topological polar surface area (TPSA) is 46.6 Å². The quantitative estimate of drug-likeness (QED) is 0.749. The number of Topliss-reactive ketones (excluding diaryl/α,β-unsaturated/α-hetero) is 1. The molecule has 0 radical (unpaired) electrons. The molecule has 1 fully saturated rings. The third-order valence-corrected chi connectivity index (χ3v) is 4.52. The Balaban J connectivity index is 1.93. The van der Waals surface area contributed by atoms with Crippen molar-refractivity contribution in [3.05, 3.63) is 33.3 Å². The van der Waals surface area contributed by atoms with E-state index in [4.69, 9.17) is 16.3 Å². The van der Waals surface area contributed by atoms with Crippen LogP contribution in [0.3, 0.4) is 0 Å². The molecule has 126 valence electrons. The Morgan fingerprint density at radius 1 is 1.39 bits per heavy atom. The largest absolute Gasteiger partial charge is 0.444 e. The van der Waals surface area contributed by atoms with E-state index in [0.717, 1.165) is 10.0 Å². The van der Waals surface area contributed by atoms with Gasteiger partial charge in [-0.3, -0.25) is 4.79 Å². The number of carbonyl (C=O) groups is 2. The van der Waals surface area contributed by atoms with Crippen LogP contribution >= 0.6 is 27.5 Å². The number of carbonyl (C=O) groups excluding carboxylic acids is 2. The number of likely N-dealkylation sites (tertiary alicyclic amines) is 1. The minimum Gasteiger partial charge on any atom is -0.444 e. The second-order valence-corrected chi connectivity index (χ2v) is 8.11. The Labute approximate surface area is 150 Å². The first-order valence-electron chi connectivity index (χ1n) is 7.60. The Kier molecular flexibility index (Phi) is 5.74. The lowest BCUT2D eigenvalue weighted by molar-refractivity contribution is -0.121. The summed E-state index contributed by atoms with van der Waals surface area (Å²) in [5, 5.41) is 0.578. The van der Waals surface area contributed by atoms with Gasteiger partial charge in [-0.1, -0.05) is 33.6 Å². The van der Waals surface area contributed by atoms with Gasteiger partial charge in [0, 0.05) is 34.9 Å². The Bertz CT molecular complexity index is 612. The molecule has 0 spiro atoms. The van der Waals surface area contributed by atoms with Gasteiger partial charge in [0.1, 0.15) is 11.4 Å². The van der Waals surface area contributed by atoms with E-state index >= 15 is 0 Å². The Morgan fingerprint density at radius 2 is 2.09 bits per heavy atom. The van der Waals surface area contributed by atoms with Gasteiger partial charge in [0.2, 0.25) is 0 Å². The number of halogens is 2. The number of ketones is 1. The molecular formula is C17H21BrClNO3. The molecule has 0 N–H and O–H groups in total. The zero-order valence-corrected chi connectivity index (χ0v) is 15.9. The summed E-state index contributed by atoms with van der Waals surface area (Å²) in [5.74, 6) is -0.0393. The van der Waals surface area contributed by atoms with E-state index in [1.807, 2.05) is 32.9 Å². The highest BCUT2D eigenvalue weighted by Gasteiger charge is 2.33. The minimum atomic E-state index is -0.524. The number of hydrogen-bond donors (Lipinski definition) is 0. The summed E-state index contributed by atoms with van der Waals surface area (Å²) in [6, 6.07) is 5.51. The van der Waals surface area contributed by atoms with Crippen LogP contribution in [-0.4, -0.2) is 35.5 Å². The number of benzene rings is 1. The highest BCUT2D eigenvalue weighted by molar-refractivity contribution is 9.10. The van der Waals surface area contributed by atoms with Crippen LogP contribution in [0, 0.1) is 5.92 Å². The van der Waals surface area contributed by atoms with Gasteiger partial charge in [-0.25, -0.2) is 4.79 Å². The molecule has 4 nitrogen and oxygen atoms in total. The molecule has 0 bridgehead atoms. The van der Waals surface area contributed by atoms with E-state index in [9.17, 15) is 9.59 Å². The first-order valence-corrected chi connectivity index (χ1v) is 8.77. The van der Waals surface area contributed by atoms with Gasteiger partial charge in [-0.2, -0.15) is 0 Å². The minimum absolute atomic E-state index is 0.111. The summed E-state index contributed by atoms with van der Waals surface area (Å²) in [6.45, 7) is 6.47. The summed E-state index contributed by atoms with van der Waals surface area (Å²) in [5.41, 5.74) is 0.292. The summed E-state index contributed by atoms with van der Waals surface area (Å²) in [6.07, 6.45) is 0.611. The summed E-state index contributed by atoms with van der Waals surface area (Å²) < 4.78 is 6.23. The highest BCUT2D eigenvalue weighted by atomic mass is 79.9. The molecule has 1 atom stereocenters. The lowest BCUT2D eigenvalue weighted by Crippen LogP contribution is -2.36. The van der Waals surface area contributed by atoms with Gasteiger partial charge in [0.15, 0.2) is 0 Å². The predicted octanol–water partition coefficient (Wildman–Crippen LogP) is 4.47. The van der Waals surface area contributed by atoms with Gasteiger partial charge in [0.25, 0.3) is 0 Å². The smallest absolute Gasteiger partial charge is 0.410 e. The second-order valence-electron chi connectivity index (χ2n) is 6.79. The van der Waals surface area contributed by atoms with Crippen molar-refractivity contribution in [2.24, 2.45) is 5.92 Å². The van der Waals surface area contributed by atoms with Crippen molar-refractivity contribution in [2.75, 3.05) is 13.1 Å². The molecule has 0 saturated carbocycles. The normalized spacial score (nSPS) is 18.1. The zero-order chi connectivity index (χ0) is 17.2. The molecule has 2 rings (SSSR count). The first kappa shape index (κ1) is 18.3. The molecular weight excluding hydrogens is 382 g/mol. The maximum atomic E-state index is 12.5. The molecule has 1 aromatic carbocycles. The van der Waals surface area contributed by atoms with Gasteiger partial charge in [-0.05, 0) is 44.9 Å². The van der Waals surface area contributed by atoms with Crippen molar-refractivity contribution in [1.82, 2.24) is 4.90 Å². The SMILES string of the molecule is CC(C)(C)OC(=O)N1CCC(C(=O)Cc2ccc(Br)cc2Cl)C1. The first-order chi connectivity index (χ1) is 10.7. The average Bonchev–Trinajstić information content (AvgIpc) is 2.90. The van der Waals surface area contributed by atoms with E-state index < -0.39 is 5.60 Å². The van der Waals surface area contributed by atoms with Gasteiger partial charge in [-0.15, -0.1) is 0 Å². The van der Waals surface area contributed by atoms with Crippen molar-refractivity contribution in [1.29, 1.82) is 0 Å². The van der Waals surface area contributed by atoms with Crippen LogP contribution in [0.4, 0.5) is 4.79 Å². The van der Waals surface area contributed by atoms with Crippen molar-refractivity contribution < 1.29 is 14.3 Å². The highest BCUT2D eigenvalue weighted by Crippen LogP contribution is 2.25. The van der Waals surface area contributed by atoms with Crippen LogP contribution in [0.5, 0.6) is 0 Å². The number of amides is 1. The van der Waals surface area contributed by atoms with Gasteiger partial charge in [0.05, 0.1) is 0 Å². The van der Waals surface area contributed by atoms with Crippen LogP contribution < -0.4 is 0 Å². The van der Waals surface area contributed by atoms with Crippen molar-refractivity contribution >= 4 is 39.4 Å². The average molecular weight is 403 g/mol. The predicted molar refractivity (Wildman–Crippen MR) is 93.8 cm³/mol. The van der Waals surface area contributed by atoms with E-state index in [1.54, 1.807) is 11.0 Å². The number of rotatable bonds is 3. The zero-order valence-electron chi connectivity index (χ0n) is 13.6. The molecule has 1 amide bonds. The standard InChI is InChI=1S/C17H21BrClNO3/c1-17(2,3)23-16(22)20-7-6-12(10-20)15(21)8-11-4-5-13(18)9-14(11)19/h4-5,9,12H,6-8,10H2,1-3H3. The maximum Gasteiger partial charge on any atom is 0.410 e. The molecule has 6 heteroatoms. The number of ether oxygens (including phenoxy) is 1. The fraction of sp³-hybridized carbons (Fsp3) is 0.529. The second kappa shape index (κ2) is 7.22. The van der Waals surface area contributed by atoms with Gasteiger partial charge < -0.3 is 9.64 Å². The van der Waals surface area contributed by atoms with E-state index in [2.05, 4.69) is 15.9 Å². The molecule has 23 heavy (non-hydrogen) atoms. The number of hydrogen-bond acceptors (Lipinski definition) is 3. The van der Waals surface area contributed by atoms with Crippen LogP contribution in [-0.2, 0) is 16.0 Å². The molecule has 1 aliphatic rings. The van der Waals surface area contributed by atoms with Crippen LogP contribution in [0.15, 0.2) is 22.7 Å². The fourth-order valence-electron chi connectivity index (χ4n) is 2.51. The van der Waals surface area contributed by atoms with Crippen molar-refractivity contribution in [3.8, 4) is 0 Å². The maximum absolute atomic E-state index is 12.5. The molecule has 1 aromatic rings. The summed E-state index contributed by atoms with van der Waals surface area (Å²) in [7, 11) is 0. The Hall–Kier alpha value is -1.07. The van der Waals surface area contributed by atoms with Gasteiger partial charge >= 0.3 is 6.09 Å². The summed E-state index contributed by atoms with van der Waals surface area (Å²) in [4.78, 5) is 26.1. The van der Waals surface area contributed by atoms with E-state index in [0.29, 0.717) is 31.0 Å². The number of nitrogens with zero attached hydrogens (tertiary/aromatic N) is 1. The molecule has 1 heterocycles. The third-order valence-electron chi connectivity index (χ3n) is 3.68. The third kappa shape index (κ3) is 5.21. The van der Waals surface area contributed by atoms with E-state index in [1.165, 1.54) is 0 Å². The van der Waals surface area contributed by atoms with Crippen molar-refractivity contribution in [2.45, 2.75) is 39.2 Å². The van der Waals surface area contributed by atoms with Crippen LogP contribution in [0.25, 0.3) is 0 Å². The fourth-order valence-corrected chi connectivity index (χ4v) is 3.25. The van der Waals surface area contributed by atoms with E-state index in [-0.39, 0.29) is 17.8 Å². The lowest BCUT2D eigenvalue weighted by atomic mass is 9.97. The molecule has 1 aliphatic heterocycles. The molecule has 0 aliphatic carbocycles. The lowest BCUT2D eigenvalue weighted by Gasteiger charge is -2.24. The monoisotopic (exact) mass is 401 g/mol. The molecule has 1 saturated heterocycles. The van der Waals surface area contributed by atoms with Crippen LogP contribution in [0.2, 0.25) is 5.02 Å². The van der Waals surface area contributed by atoms with Crippen molar-refractivity contribution in [3.63, 3.8) is 0 Å². The summed E-state index contributed by atoms with van der Waals surface area (Å²) >= 11 is 9.51.